The third-order valence-electron chi connectivity index (χ3n) is 4.77. The van der Waals surface area contributed by atoms with Crippen molar-refractivity contribution in [2.24, 2.45) is 0 Å². The molecule has 1 aliphatic carbocycles. The van der Waals surface area contributed by atoms with Crippen molar-refractivity contribution in [3.05, 3.63) is 47.1 Å². The number of aryl methyl sites for hydroxylation is 1. The normalized spacial score (nSPS) is 28.8. The Hall–Kier alpha value is -1.68. The Bertz CT molecular complexity index is 628. The van der Waals surface area contributed by atoms with E-state index in [1.807, 2.05) is 0 Å². The van der Waals surface area contributed by atoms with Crippen molar-refractivity contribution >= 4 is 0 Å². The lowest BCUT2D eigenvalue weighted by Gasteiger charge is -2.16. The second kappa shape index (κ2) is 4.42. The van der Waals surface area contributed by atoms with Crippen molar-refractivity contribution in [1.82, 2.24) is 15.5 Å². The first-order valence-corrected chi connectivity index (χ1v) is 7.39. The van der Waals surface area contributed by atoms with E-state index in [2.05, 4.69) is 41.7 Å². The first kappa shape index (κ1) is 12.1. The van der Waals surface area contributed by atoms with Gasteiger partial charge in [0.05, 0.1) is 5.41 Å². The van der Waals surface area contributed by atoms with Gasteiger partial charge in [-0.3, -0.25) is 0 Å². The zero-order chi connectivity index (χ0) is 13.6. The minimum atomic E-state index is 0.00335. The van der Waals surface area contributed by atoms with Gasteiger partial charge in [0.1, 0.15) is 0 Å². The number of nitrogens with one attached hydrogen (secondary N) is 1. The molecule has 2 aliphatic rings. The summed E-state index contributed by atoms with van der Waals surface area (Å²) >= 11 is 0. The molecule has 2 aromatic rings. The van der Waals surface area contributed by atoms with Crippen molar-refractivity contribution in [2.75, 3.05) is 13.1 Å². The lowest BCUT2D eigenvalue weighted by Crippen LogP contribution is -2.25. The highest BCUT2D eigenvalue weighted by atomic mass is 16.5. The fourth-order valence-corrected chi connectivity index (χ4v) is 3.45. The highest BCUT2D eigenvalue weighted by Crippen LogP contribution is 2.38. The molecule has 104 valence electrons. The van der Waals surface area contributed by atoms with E-state index in [4.69, 9.17) is 9.51 Å². The smallest absolute Gasteiger partial charge is 0.233 e. The fourth-order valence-electron chi connectivity index (χ4n) is 3.45. The van der Waals surface area contributed by atoms with Crippen LogP contribution < -0.4 is 5.32 Å². The zero-order valence-corrected chi connectivity index (χ0v) is 11.7. The predicted octanol–water partition coefficient (Wildman–Crippen LogP) is 2.40. The van der Waals surface area contributed by atoms with E-state index in [1.165, 1.54) is 11.1 Å². The first-order valence-electron chi connectivity index (χ1n) is 7.39. The van der Waals surface area contributed by atoms with Gasteiger partial charge >= 0.3 is 0 Å². The van der Waals surface area contributed by atoms with Crippen LogP contribution >= 0.6 is 0 Å². The zero-order valence-electron chi connectivity index (χ0n) is 11.7. The quantitative estimate of drug-likeness (QED) is 0.909. The SMILES string of the molecule is CC1(c2nc(C3CCc4ccccc43)no2)CCNC1. The average Bonchev–Trinajstić information content (AvgIpc) is 3.16. The highest BCUT2D eigenvalue weighted by molar-refractivity contribution is 5.38. The Labute approximate surface area is 118 Å². The Balaban J connectivity index is 1.66. The van der Waals surface area contributed by atoms with E-state index in [9.17, 15) is 0 Å². The molecule has 2 heterocycles. The van der Waals surface area contributed by atoms with Gasteiger partial charge in [-0.1, -0.05) is 29.4 Å². The second-order valence-electron chi connectivity index (χ2n) is 6.24. The first-order chi connectivity index (χ1) is 9.76. The van der Waals surface area contributed by atoms with Gasteiger partial charge in [0.25, 0.3) is 0 Å². The predicted molar refractivity (Wildman–Crippen MR) is 75.7 cm³/mol. The molecule has 0 saturated carbocycles. The molecule has 1 N–H and O–H groups in total. The number of nitrogens with zero attached hydrogens (tertiary/aromatic N) is 2. The molecule has 1 fully saturated rings. The summed E-state index contributed by atoms with van der Waals surface area (Å²) in [5, 5.41) is 7.65. The maximum atomic E-state index is 5.58. The molecule has 4 nitrogen and oxygen atoms in total. The topological polar surface area (TPSA) is 51.0 Å². The molecule has 0 radical (unpaired) electrons. The molecular weight excluding hydrogens is 250 g/mol. The number of rotatable bonds is 2. The molecule has 2 unspecified atom stereocenters. The minimum absolute atomic E-state index is 0.00335. The van der Waals surface area contributed by atoms with E-state index >= 15 is 0 Å². The molecule has 0 bridgehead atoms. The summed E-state index contributed by atoms with van der Waals surface area (Å²) in [5.74, 6) is 1.96. The molecular formula is C16H19N3O. The van der Waals surface area contributed by atoms with Crippen LogP contribution in [0.4, 0.5) is 0 Å². The summed E-state index contributed by atoms with van der Waals surface area (Å²) in [5.41, 5.74) is 2.80. The van der Waals surface area contributed by atoms with Gasteiger partial charge in [0.2, 0.25) is 5.89 Å². The van der Waals surface area contributed by atoms with E-state index < -0.39 is 0 Å². The Morgan fingerprint density at radius 1 is 1.35 bits per heavy atom. The number of fused-ring (bicyclic) bond motifs is 1. The molecule has 1 saturated heterocycles. The van der Waals surface area contributed by atoms with Crippen LogP contribution in [0.3, 0.4) is 0 Å². The number of benzene rings is 1. The van der Waals surface area contributed by atoms with Crippen LogP contribution in [0.15, 0.2) is 28.8 Å². The van der Waals surface area contributed by atoms with Gasteiger partial charge < -0.3 is 9.84 Å². The number of hydrogen-bond donors (Lipinski definition) is 1. The van der Waals surface area contributed by atoms with Crippen molar-refractivity contribution in [2.45, 2.75) is 37.5 Å². The van der Waals surface area contributed by atoms with E-state index in [-0.39, 0.29) is 5.41 Å². The Morgan fingerprint density at radius 3 is 3.10 bits per heavy atom. The average molecular weight is 269 g/mol. The van der Waals surface area contributed by atoms with Crippen LogP contribution in [0.5, 0.6) is 0 Å². The van der Waals surface area contributed by atoms with Crippen LogP contribution in [0, 0.1) is 0 Å². The van der Waals surface area contributed by atoms with Gasteiger partial charge in [0, 0.05) is 12.5 Å². The van der Waals surface area contributed by atoms with Gasteiger partial charge in [-0.25, -0.2) is 0 Å². The molecule has 1 aromatic heterocycles. The van der Waals surface area contributed by atoms with E-state index in [0.717, 1.165) is 44.1 Å². The maximum absolute atomic E-state index is 5.58. The summed E-state index contributed by atoms with van der Waals surface area (Å²) in [6.45, 7) is 4.16. The highest BCUT2D eigenvalue weighted by Gasteiger charge is 2.37. The van der Waals surface area contributed by atoms with Gasteiger partial charge in [0.15, 0.2) is 5.82 Å². The van der Waals surface area contributed by atoms with Crippen molar-refractivity contribution in [3.63, 3.8) is 0 Å². The Kier molecular flexibility index (Phi) is 2.67. The van der Waals surface area contributed by atoms with Crippen molar-refractivity contribution in [3.8, 4) is 0 Å². The summed E-state index contributed by atoms with van der Waals surface area (Å²) in [6, 6.07) is 8.61. The Morgan fingerprint density at radius 2 is 2.25 bits per heavy atom. The molecule has 4 rings (SSSR count). The minimum Gasteiger partial charge on any atom is -0.339 e. The second-order valence-corrected chi connectivity index (χ2v) is 6.24. The standard InChI is InChI=1S/C16H19N3O/c1-16(8-9-17-10-16)15-18-14(19-20-15)13-7-6-11-4-2-3-5-12(11)13/h2-5,13,17H,6-10H2,1H3. The van der Waals surface area contributed by atoms with Crippen LogP contribution in [-0.2, 0) is 11.8 Å². The molecule has 2 atom stereocenters. The summed E-state index contributed by atoms with van der Waals surface area (Å²) in [7, 11) is 0. The van der Waals surface area contributed by atoms with E-state index in [1.54, 1.807) is 0 Å². The monoisotopic (exact) mass is 269 g/mol. The number of hydrogen-bond acceptors (Lipinski definition) is 4. The van der Waals surface area contributed by atoms with Crippen molar-refractivity contribution in [1.29, 1.82) is 0 Å². The molecule has 4 heteroatoms. The molecule has 0 amide bonds. The van der Waals surface area contributed by atoms with Crippen LogP contribution in [0.25, 0.3) is 0 Å². The summed E-state index contributed by atoms with van der Waals surface area (Å²) < 4.78 is 5.58. The lowest BCUT2D eigenvalue weighted by atomic mass is 9.90. The van der Waals surface area contributed by atoms with Crippen molar-refractivity contribution < 1.29 is 4.52 Å². The maximum Gasteiger partial charge on any atom is 0.233 e. The molecule has 20 heavy (non-hydrogen) atoms. The third-order valence-corrected chi connectivity index (χ3v) is 4.77. The van der Waals surface area contributed by atoms with Gasteiger partial charge in [-0.2, -0.15) is 4.98 Å². The third kappa shape index (κ3) is 1.79. The summed E-state index contributed by atoms with van der Waals surface area (Å²) in [6.07, 6.45) is 3.27. The van der Waals surface area contributed by atoms with Gasteiger partial charge in [-0.15, -0.1) is 0 Å². The fraction of sp³-hybridized carbons (Fsp3) is 0.500. The van der Waals surface area contributed by atoms with Crippen LogP contribution in [0.1, 0.15) is 48.5 Å². The molecule has 1 aliphatic heterocycles. The van der Waals surface area contributed by atoms with Gasteiger partial charge in [-0.05, 0) is 43.9 Å². The largest absolute Gasteiger partial charge is 0.339 e. The van der Waals surface area contributed by atoms with Crippen LogP contribution in [0.2, 0.25) is 0 Å². The van der Waals surface area contributed by atoms with Crippen LogP contribution in [-0.4, -0.2) is 23.2 Å². The molecule has 1 aromatic carbocycles. The molecule has 0 spiro atoms. The lowest BCUT2D eigenvalue weighted by molar-refractivity contribution is 0.304. The van der Waals surface area contributed by atoms with E-state index in [0.29, 0.717) is 5.92 Å². The number of aromatic nitrogens is 2. The summed E-state index contributed by atoms with van der Waals surface area (Å²) in [4.78, 5) is 4.73.